The van der Waals surface area contributed by atoms with Crippen LogP contribution < -0.4 is 10.6 Å². The Balaban J connectivity index is 1.72. The summed E-state index contributed by atoms with van der Waals surface area (Å²) >= 11 is 5.70. The van der Waals surface area contributed by atoms with E-state index in [1.54, 1.807) is 6.07 Å². The first-order valence-electron chi connectivity index (χ1n) is 6.17. The molecule has 3 N–H and O–H groups in total. The number of carbonyl (C=O) groups is 1. The summed E-state index contributed by atoms with van der Waals surface area (Å²) in [7, 11) is 0. The topological polar surface area (TPSA) is 61.4 Å². The average Bonchev–Trinajstić information content (AvgIpc) is 3.12. The van der Waals surface area contributed by atoms with E-state index in [2.05, 4.69) is 10.6 Å². The Morgan fingerprint density at radius 2 is 2.17 bits per heavy atom. The Kier molecular flexibility index (Phi) is 4.44. The summed E-state index contributed by atoms with van der Waals surface area (Å²) in [5.41, 5.74) is 0.259. The van der Waals surface area contributed by atoms with Crippen molar-refractivity contribution in [1.29, 1.82) is 0 Å². The van der Waals surface area contributed by atoms with Gasteiger partial charge in [0.15, 0.2) is 0 Å². The molecule has 2 rings (SSSR count). The van der Waals surface area contributed by atoms with Gasteiger partial charge in [0.25, 0.3) is 5.91 Å². The third kappa shape index (κ3) is 3.89. The van der Waals surface area contributed by atoms with Crippen molar-refractivity contribution in [3.05, 3.63) is 28.8 Å². The van der Waals surface area contributed by atoms with E-state index >= 15 is 0 Å². The predicted molar refractivity (Wildman–Crippen MR) is 71.1 cm³/mol. The van der Waals surface area contributed by atoms with E-state index in [-0.39, 0.29) is 17.2 Å². The lowest BCUT2D eigenvalue weighted by molar-refractivity contribution is 0.0950. The van der Waals surface area contributed by atoms with Crippen LogP contribution in [0.3, 0.4) is 0 Å². The zero-order valence-electron chi connectivity index (χ0n) is 10.1. The fourth-order valence-corrected chi connectivity index (χ4v) is 1.84. The number of carbonyl (C=O) groups excluding carboxylic acids is 1. The van der Waals surface area contributed by atoms with Crippen LogP contribution in [0.4, 0.5) is 0 Å². The molecule has 5 heteroatoms. The van der Waals surface area contributed by atoms with Crippen molar-refractivity contribution < 1.29 is 9.90 Å². The van der Waals surface area contributed by atoms with E-state index in [9.17, 15) is 9.90 Å². The molecule has 0 atom stereocenters. The standard InChI is InChI=1S/C13H17ClN2O2/c14-9-2-5-11(12(17)8-9)13(18)16-7-1-6-15-10-3-4-10/h2,5,8,10,15,17H,1,3-4,6-7H2,(H,16,18). The zero-order valence-corrected chi connectivity index (χ0v) is 10.8. The number of amides is 1. The second kappa shape index (κ2) is 6.07. The van der Waals surface area contributed by atoms with E-state index in [1.165, 1.54) is 25.0 Å². The summed E-state index contributed by atoms with van der Waals surface area (Å²) in [6.45, 7) is 1.51. The first-order valence-corrected chi connectivity index (χ1v) is 6.54. The highest BCUT2D eigenvalue weighted by Gasteiger charge is 2.19. The minimum atomic E-state index is -0.268. The molecule has 0 aliphatic heterocycles. The summed E-state index contributed by atoms with van der Waals surface area (Å²) in [4.78, 5) is 11.8. The van der Waals surface area contributed by atoms with Crippen LogP contribution in [0.25, 0.3) is 0 Å². The van der Waals surface area contributed by atoms with Crippen LogP contribution in [0.2, 0.25) is 5.02 Å². The smallest absolute Gasteiger partial charge is 0.255 e. The molecule has 98 valence electrons. The highest BCUT2D eigenvalue weighted by molar-refractivity contribution is 6.30. The van der Waals surface area contributed by atoms with Gasteiger partial charge >= 0.3 is 0 Å². The molecule has 4 nitrogen and oxygen atoms in total. The van der Waals surface area contributed by atoms with Crippen molar-refractivity contribution >= 4 is 17.5 Å². The molecule has 1 amide bonds. The third-order valence-electron chi connectivity index (χ3n) is 2.85. The van der Waals surface area contributed by atoms with Crippen LogP contribution in [-0.4, -0.2) is 30.1 Å². The fourth-order valence-electron chi connectivity index (χ4n) is 1.68. The van der Waals surface area contributed by atoms with Crippen molar-refractivity contribution in [2.75, 3.05) is 13.1 Å². The van der Waals surface area contributed by atoms with Gasteiger partial charge in [0.1, 0.15) is 5.75 Å². The molecule has 18 heavy (non-hydrogen) atoms. The molecular formula is C13H17ClN2O2. The first-order chi connectivity index (χ1) is 8.66. The van der Waals surface area contributed by atoms with Crippen molar-refractivity contribution in [1.82, 2.24) is 10.6 Å². The molecule has 0 bridgehead atoms. The van der Waals surface area contributed by atoms with Gasteiger partial charge in [0.2, 0.25) is 0 Å². The van der Waals surface area contributed by atoms with Crippen LogP contribution >= 0.6 is 11.6 Å². The second-order valence-corrected chi connectivity index (χ2v) is 4.94. The van der Waals surface area contributed by atoms with Crippen molar-refractivity contribution in [2.45, 2.75) is 25.3 Å². The van der Waals surface area contributed by atoms with Gasteiger partial charge in [-0.2, -0.15) is 0 Å². The number of hydrogen-bond acceptors (Lipinski definition) is 3. The van der Waals surface area contributed by atoms with Crippen molar-refractivity contribution in [3.8, 4) is 5.75 Å². The quantitative estimate of drug-likeness (QED) is 0.691. The Hall–Kier alpha value is -1.26. The highest BCUT2D eigenvalue weighted by atomic mass is 35.5. The van der Waals surface area contributed by atoms with Crippen LogP contribution in [0.1, 0.15) is 29.6 Å². The molecule has 1 aliphatic rings. The average molecular weight is 269 g/mol. The van der Waals surface area contributed by atoms with Crippen LogP contribution in [0, 0.1) is 0 Å². The second-order valence-electron chi connectivity index (χ2n) is 4.50. The normalized spacial score (nSPS) is 14.5. The lowest BCUT2D eigenvalue weighted by Gasteiger charge is -2.07. The van der Waals surface area contributed by atoms with E-state index < -0.39 is 0 Å². The van der Waals surface area contributed by atoms with E-state index in [0.717, 1.165) is 13.0 Å². The maximum Gasteiger partial charge on any atom is 0.255 e. The number of aromatic hydroxyl groups is 1. The lowest BCUT2D eigenvalue weighted by atomic mass is 10.2. The van der Waals surface area contributed by atoms with Gasteiger partial charge in [-0.3, -0.25) is 4.79 Å². The molecular weight excluding hydrogens is 252 g/mol. The number of halogens is 1. The monoisotopic (exact) mass is 268 g/mol. The molecule has 0 spiro atoms. The summed E-state index contributed by atoms with van der Waals surface area (Å²) < 4.78 is 0. The molecule has 1 aromatic rings. The Morgan fingerprint density at radius 3 is 2.83 bits per heavy atom. The molecule has 1 fully saturated rings. The largest absolute Gasteiger partial charge is 0.507 e. The minimum Gasteiger partial charge on any atom is -0.507 e. The summed E-state index contributed by atoms with van der Waals surface area (Å²) in [6, 6.07) is 5.17. The van der Waals surface area contributed by atoms with Gasteiger partial charge in [0.05, 0.1) is 5.56 Å². The number of phenolic OH excluding ortho intramolecular Hbond substituents is 1. The zero-order chi connectivity index (χ0) is 13.0. The van der Waals surface area contributed by atoms with Crippen LogP contribution in [0.15, 0.2) is 18.2 Å². The van der Waals surface area contributed by atoms with Gasteiger partial charge in [0, 0.05) is 17.6 Å². The molecule has 1 aliphatic carbocycles. The Morgan fingerprint density at radius 1 is 1.39 bits per heavy atom. The van der Waals surface area contributed by atoms with Gasteiger partial charge in [-0.05, 0) is 44.0 Å². The van der Waals surface area contributed by atoms with E-state index in [4.69, 9.17) is 11.6 Å². The molecule has 0 saturated heterocycles. The molecule has 0 radical (unpaired) electrons. The number of hydrogen-bond donors (Lipinski definition) is 3. The highest BCUT2D eigenvalue weighted by Crippen LogP contribution is 2.21. The maximum atomic E-state index is 11.8. The molecule has 0 aromatic heterocycles. The molecule has 1 aromatic carbocycles. The summed E-state index contributed by atoms with van der Waals surface area (Å²) in [5.74, 6) is -0.355. The number of benzene rings is 1. The van der Waals surface area contributed by atoms with Crippen LogP contribution in [0.5, 0.6) is 5.75 Å². The lowest BCUT2D eigenvalue weighted by Crippen LogP contribution is -2.28. The third-order valence-corrected chi connectivity index (χ3v) is 3.09. The van der Waals surface area contributed by atoms with Gasteiger partial charge in [-0.25, -0.2) is 0 Å². The molecule has 0 unspecified atom stereocenters. The van der Waals surface area contributed by atoms with Crippen molar-refractivity contribution in [2.24, 2.45) is 0 Å². The van der Waals surface area contributed by atoms with E-state index in [1.807, 2.05) is 0 Å². The Bertz CT molecular complexity index is 433. The van der Waals surface area contributed by atoms with Gasteiger partial charge in [-0.1, -0.05) is 11.6 Å². The van der Waals surface area contributed by atoms with Crippen LogP contribution in [-0.2, 0) is 0 Å². The molecule has 0 heterocycles. The van der Waals surface area contributed by atoms with E-state index in [0.29, 0.717) is 17.6 Å². The first kappa shape index (κ1) is 13.2. The summed E-state index contributed by atoms with van der Waals surface area (Å²) in [5, 5.41) is 16.1. The van der Waals surface area contributed by atoms with Gasteiger partial charge in [-0.15, -0.1) is 0 Å². The van der Waals surface area contributed by atoms with Crippen molar-refractivity contribution in [3.63, 3.8) is 0 Å². The molecule has 1 saturated carbocycles. The summed E-state index contributed by atoms with van der Waals surface area (Å²) in [6.07, 6.45) is 3.42. The Labute approximate surface area is 111 Å². The number of phenols is 1. The fraction of sp³-hybridized carbons (Fsp3) is 0.462. The van der Waals surface area contributed by atoms with Gasteiger partial charge < -0.3 is 15.7 Å². The maximum absolute atomic E-state index is 11.8. The minimum absolute atomic E-state index is 0.0869. The predicted octanol–water partition coefficient (Wildman–Crippen LogP) is 1.92. The number of rotatable bonds is 6. The number of nitrogens with one attached hydrogen (secondary N) is 2. The SMILES string of the molecule is O=C(NCCCNC1CC1)c1ccc(Cl)cc1O.